The molecule has 0 radical (unpaired) electrons. The van der Waals surface area contributed by atoms with Crippen molar-refractivity contribution >= 4 is 22.5 Å². The van der Waals surface area contributed by atoms with Crippen LogP contribution in [-0.4, -0.2) is 17.2 Å². The van der Waals surface area contributed by atoms with E-state index in [9.17, 15) is 5.11 Å². The lowest BCUT2D eigenvalue weighted by molar-refractivity contribution is 0.412. The van der Waals surface area contributed by atoms with Gasteiger partial charge in [0.1, 0.15) is 11.5 Å². The van der Waals surface area contributed by atoms with Crippen LogP contribution >= 0.6 is 11.6 Å². The maximum atomic E-state index is 10.3. The minimum atomic E-state index is 0.158. The summed E-state index contributed by atoms with van der Waals surface area (Å²) in [4.78, 5) is 4.73. The minimum Gasteiger partial charge on any atom is -0.507 e. The van der Waals surface area contributed by atoms with E-state index in [1.54, 1.807) is 25.3 Å². The predicted octanol–water partition coefficient (Wildman–Crippen LogP) is 5.94. The number of ether oxygens (including phenoxy) is 1. The zero-order chi connectivity index (χ0) is 18.1. The highest BCUT2D eigenvalue weighted by Gasteiger charge is 2.13. The van der Waals surface area contributed by atoms with Crippen molar-refractivity contribution in [1.82, 2.24) is 4.98 Å². The van der Waals surface area contributed by atoms with E-state index in [1.165, 1.54) is 0 Å². The van der Waals surface area contributed by atoms with Crippen LogP contribution < -0.4 is 4.74 Å². The van der Waals surface area contributed by atoms with Crippen molar-refractivity contribution in [3.05, 3.63) is 77.8 Å². The molecule has 1 heterocycles. The van der Waals surface area contributed by atoms with Gasteiger partial charge < -0.3 is 9.84 Å². The molecule has 3 nitrogen and oxygen atoms in total. The van der Waals surface area contributed by atoms with Crippen molar-refractivity contribution < 1.29 is 9.84 Å². The average molecular weight is 362 g/mol. The van der Waals surface area contributed by atoms with E-state index in [-0.39, 0.29) is 5.75 Å². The molecule has 3 aromatic carbocycles. The Bertz CT molecular complexity index is 1090. The zero-order valence-corrected chi connectivity index (χ0v) is 14.9. The summed E-state index contributed by atoms with van der Waals surface area (Å²) < 4.78 is 5.29. The molecule has 0 bridgehead atoms. The maximum Gasteiger partial charge on any atom is 0.125 e. The Balaban J connectivity index is 2.02. The van der Waals surface area contributed by atoms with Gasteiger partial charge in [0.15, 0.2) is 0 Å². The minimum absolute atomic E-state index is 0.158. The summed E-state index contributed by atoms with van der Waals surface area (Å²) in [5.41, 5.74) is 4.18. The number of hydrogen-bond donors (Lipinski definition) is 1. The lowest BCUT2D eigenvalue weighted by Gasteiger charge is -2.12. The van der Waals surface area contributed by atoms with E-state index >= 15 is 0 Å². The normalized spacial score (nSPS) is 10.8. The first-order chi connectivity index (χ1) is 12.7. The van der Waals surface area contributed by atoms with Gasteiger partial charge in [-0.1, -0.05) is 41.9 Å². The van der Waals surface area contributed by atoms with Crippen LogP contribution in [0.4, 0.5) is 0 Å². The number of nitrogens with zero attached hydrogens (tertiary/aromatic N) is 1. The van der Waals surface area contributed by atoms with Crippen LogP contribution in [0.15, 0.2) is 72.8 Å². The number of phenols is 1. The topological polar surface area (TPSA) is 42.4 Å². The number of hydrogen-bond acceptors (Lipinski definition) is 3. The molecule has 0 aliphatic carbocycles. The van der Waals surface area contributed by atoms with E-state index in [1.807, 2.05) is 54.6 Å². The van der Waals surface area contributed by atoms with E-state index in [2.05, 4.69) is 0 Å². The summed E-state index contributed by atoms with van der Waals surface area (Å²) in [6, 6.07) is 22.8. The second-order valence-electron chi connectivity index (χ2n) is 5.97. The molecule has 4 heteroatoms. The highest BCUT2D eigenvalue weighted by molar-refractivity contribution is 6.31. The molecule has 26 heavy (non-hydrogen) atoms. The van der Waals surface area contributed by atoms with Gasteiger partial charge in [-0.05, 0) is 53.6 Å². The van der Waals surface area contributed by atoms with Gasteiger partial charge in [0, 0.05) is 16.0 Å². The quantitative estimate of drug-likeness (QED) is 0.491. The summed E-state index contributed by atoms with van der Waals surface area (Å²) in [5, 5.41) is 12.0. The summed E-state index contributed by atoms with van der Waals surface area (Å²) in [5.74, 6) is 0.822. The fraction of sp³-hybridized carbons (Fsp3) is 0.0455. The maximum absolute atomic E-state index is 10.3. The second-order valence-corrected chi connectivity index (χ2v) is 6.40. The fourth-order valence-corrected chi connectivity index (χ4v) is 3.21. The van der Waals surface area contributed by atoms with Crippen LogP contribution in [0.1, 0.15) is 0 Å². The van der Waals surface area contributed by atoms with Crippen molar-refractivity contribution in [2.45, 2.75) is 0 Å². The largest absolute Gasteiger partial charge is 0.507 e. The third-order valence-electron chi connectivity index (χ3n) is 4.34. The molecule has 0 saturated heterocycles. The predicted molar refractivity (Wildman–Crippen MR) is 106 cm³/mol. The van der Waals surface area contributed by atoms with Gasteiger partial charge in [-0.15, -0.1) is 0 Å². The van der Waals surface area contributed by atoms with E-state index in [0.717, 1.165) is 22.0 Å². The Labute approximate surface area is 156 Å². The van der Waals surface area contributed by atoms with Gasteiger partial charge in [0.2, 0.25) is 0 Å². The Morgan fingerprint density at radius 3 is 2.46 bits per heavy atom. The molecule has 0 atom stereocenters. The SMILES string of the molecule is COc1ccc(O)c(-c2cc(-c3ccccc3)c3cc(Cl)ccc3n2)c1. The highest BCUT2D eigenvalue weighted by atomic mass is 35.5. The molecule has 0 spiro atoms. The zero-order valence-electron chi connectivity index (χ0n) is 14.1. The first-order valence-electron chi connectivity index (χ1n) is 8.19. The third-order valence-corrected chi connectivity index (χ3v) is 4.57. The lowest BCUT2D eigenvalue weighted by Crippen LogP contribution is -1.91. The molecule has 4 rings (SSSR count). The lowest BCUT2D eigenvalue weighted by atomic mass is 9.98. The van der Waals surface area contributed by atoms with Crippen LogP contribution in [0.25, 0.3) is 33.3 Å². The van der Waals surface area contributed by atoms with Crippen LogP contribution in [0, 0.1) is 0 Å². The average Bonchev–Trinajstić information content (AvgIpc) is 2.68. The van der Waals surface area contributed by atoms with Crippen molar-refractivity contribution in [3.8, 4) is 33.9 Å². The summed E-state index contributed by atoms with van der Waals surface area (Å²) in [6.07, 6.45) is 0. The van der Waals surface area contributed by atoms with Crippen molar-refractivity contribution in [2.24, 2.45) is 0 Å². The standard InChI is InChI=1S/C22H16ClNO2/c1-26-16-8-10-22(25)19(12-16)21-13-17(14-5-3-2-4-6-14)18-11-15(23)7-9-20(18)24-21/h2-13,25H,1H3. The first-order valence-corrected chi connectivity index (χ1v) is 8.56. The van der Waals surface area contributed by atoms with Gasteiger partial charge in [-0.2, -0.15) is 0 Å². The Hall–Kier alpha value is -3.04. The van der Waals surface area contributed by atoms with Gasteiger partial charge in [0.25, 0.3) is 0 Å². The van der Waals surface area contributed by atoms with E-state index in [4.69, 9.17) is 21.3 Å². The smallest absolute Gasteiger partial charge is 0.125 e. The van der Waals surface area contributed by atoms with E-state index in [0.29, 0.717) is 22.0 Å². The van der Waals surface area contributed by atoms with Crippen molar-refractivity contribution in [1.29, 1.82) is 0 Å². The molecule has 0 unspecified atom stereocenters. The number of methoxy groups -OCH3 is 1. The number of rotatable bonds is 3. The molecule has 0 aliphatic rings. The van der Waals surface area contributed by atoms with E-state index < -0.39 is 0 Å². The van der Waals surface area contributed by atoms with Crippen molar-refractivity contribution in [2.75, 3.05) is 7.11 Å². The highest BCUT2D eigenvalue weighted by Crippen LogP contribution is 2.37. The number of fused-ring (bicyclic) bond motifs is 1. The number of aromatic nitrogens is 1. The summed E-state index contributed by atoms with van der Waals surface area (Å²) >= 11 is 6.22. The molecule has 128 valence electrons. The molecule has 4 aromatic rings. The van der Waals surface area contributed by atoms with Gasteiger partial charge >= 0.3 is 0 Å². The molecule has 0 saturated carbocycles. The number of halogens is 1. The van der Waals surface area contributed by atoms with Crippen molar-refractivity contribution in [3.63, 3.8) is 0 Å². The number of benzene rings is 3. The molecular weight excluding hydrogens is 346 g/mol. The number of phenolic OH excluding ortho intramolecular Hbond substituents is 1. The van der Waals surface area contributed by atoms with Gasteiger partial charge in [0.05, 0.1) is 18.3 Å². The molecule has 1 N–H and O–H groups in total. The van der Waals surface area contributed by atoms with Gasteiger partial charge in [-0.25, -0.2) is 4.98 Å². The molecular formula is C22H16ClNO2. The second kappa shape index (κ2) is 6.70. The molecule has 1 aromatic heterocycles. The molecule has 0 fully saturated rings. The summed E-state index contributed by atoms with van der Waals surface area (Å²) in [7, 11) is 1.60. The molecule has 0 amide bonds. The first kappa shape index (κ1) is 16.4. The monoisotopic (exact) mass is 361 g/mol. The van der Waals surface area contributed by atoms with Crippen LogP contribution in [0.2, 0.25) is 5.02 Å². The summed E-state index contributed by atoms with van der Waals surface area (Å²) in [6.45, 7) is 0. The van der Waals surface area contributed by atoms with Crippen LogP contribution in [-0.2, 0) is 0 Å². The van der Waals surface area contributed by atoms with Crippen LogP contribution in [0.5, 0.6) is 11.5 Å². The Morgan fingerprint density at radius 1 is 0.885 bits per heavy atom. The van der Waals surface area contributed by atoms with Crippen LogP contribution in [0.3, 0.4) is 0 Å². The third kappa shape index (κ3) is 2.98. The number of pyridine rings is 1. The Morgan fingerprint density at radius 2 is 1.69 bits per heavy atom. The Kier molecular flexibility index (Phi) is 4.23. The molecule has 0 aliphatic heterocycles. The number of aromatic hydroxyl groups is 1. The fourth-order valence-electron chi connectivity index (χ4n) is 3.04. The van der Waals surface area contributed by atoms with Gasteiger partial charge in [-0.3, -0.25) is 0 Å².